The van der Waals surface area contributed by atoms with Gasteiger partial charge in [-0.1, -0.05) is 32.1 Å². The van der Waals surface area contributed by atoms with Crippen LogP contribution in [0.25, 0.3) is 0 Å². The third-order valence-electron chi connectivity index (χ3n) is 3.78. The zero-order chi connectivity index (χ0) is 15.9. The van der Waals surface area contributed by atoms with Crippen LogP contribution in [0.2, 0.25) is 0 Å². The van der Waals surface area contributed by atoms with E-state index in [2.05, 4.69) is 4.72 Å². The number of hydrogen-bond donors (Lipinski definition) is 1. The predicted molar refractivity (Wildman–Crippen MR) is 87.1 cm³/mol. The van der Waals surface area contributed by atoms with Gasteiger partial charge in [-0.2, -0.15) is 0 Å². The van der Waals surface area contributed by atoms with Crippen molar-refractivity contribution < 1.29 is 9.85 Å². The van der Waals surface area contributed by atoms with Gasteiger partial charge in [0.2, 0.25) is 0 Å². The highest BCUT2D eigenvalue weighted by Gasteiger charge is 2.20. The van der Waals surface area contributed by atoms with Gasteiger partial charge in [-0.25, -0.2) is 0 Å². The number of rotatable bonds is 5. The van der Waals surface area contributed by atoms with Crippen LogP contribution in [0.15, 0.2) is 18.2 Å². The summed E-state index contributed by atoms with van der Waals surface area (Å²) in [4.78, 5) is 20.6. The Bertz CT molecular complexity index is 545. The molecule has 0 atom stereocenters. The van der Waals surface area contributed by atoms with Crippen molar-refractivity contribution in [3.63, 3.8) is 0 Å². The number of nitrogens with zero attached hydrogens (tertiary/aromatic N) is 2. The Balaban J connectivity index is 2.04. The van der Waals surface area contributed by atoms with Crippen LogP contribution < -0.4 is 4.72 Å². The van der Waals surface area contributed by atoms with E-state index in [-0.39, 0.29) is 11.4 Å². The monoisotopic (exact) mass is 325 g/mol. The molecule has 0 aliphatic heterocycles. The van der Waals surface area contributed by atoms with Crippen molar-refractivity contribution in [3.8, 4) is 0 Å². The van der Waals surface area contributed by atoms with E-state index in [0.29, 0.717) is 10.9 Å². The largest absolute Gasteiger partial charge is 0.324 e. The quantitative estimate of drug-likeness (QED) is 0.479. The van der Waals surface area contributed by atoms with E-state index in [9.17, 15) is 20.2 Å². The Morgan fingerprint density at radius 1 is 1.00 bits per heavy atom. The lowest BCUT2D eigenvalue weighted by Gasteiger charge is -2.19. The van der Waals surface area contributed by atoms with Crippen LogP contribution in [0.5, 0.6) is 0 Å². The van der Waals surface area contributed by atoms with Crippen LogP contribution >= 0.6 is 11.9 Å². The van der Waals surface area contributed by atoms with Gasteiger partial charge < -0.3 is 4.72 Å². The second-order valence-corrected chi connectivity index (χ2v) is 6.51. The molecule has 1 fully saturated rings. The van der Waals surface area contributed by atoms with Gasteiger partial charge in [0.15, 0.2) is 0 Å². The molecule has 120 valence electrons. The van der Waals surface area contributed by atoms with Gasteiger partial charge in [0, 0.05) is 11.3 Å². The van der Waals surface area contributed by atoms with Crippen molar-refractivity contribution in [3.05, 3.63) is 38.4 Å². The normalized spacial score (nSPS) is 16.5. The zero-order valence-electron chi connectivity index (χ0n) is 12.2. The first-order chi connectivity index (χ1) is 10.6. The molecule has 0 amide bonds. The summed E-state index contributed by atoms with van der Waals surface area (Å²) in [5, 5.41) is 22.2. The van der Waals surface area contributed by atoms with Crippen molar-refractivity contribution in [1.29, 1.82) is 0 Å². The molecule has 8 heteroatoms. The number of nitrogens with one attached hydrogen (secondary N) is 1. The minimum atomic E-state index is -0.626. The maximum Gasteiger partial charge on any atom is 0.300 e. The van der Waals surface area contributed by atoms with E-state index in [1.165, 1.54) is 56.2 Å². The molecule has 2 rings (SSSR count). The molecule has 7 nitrogen and oxygen atoms in total. The summed E-state index contributed by atoms with van der Waals surface area (Å²) in [6.07, 6.45) is 8.34. The van der Waals surface area contributed by atoms with Gasteiger partial charge in [-0.3, -0.25) is 20.2 Å². The summed E-state index contributed by atoms with van der Waals surface area (Å²) in [6.45, 7) is 0. The highest BCUT2D eigenvalue weighted by molar-refractivity contribution is 8.01. The molecule has 0 saturated heterocycles. The summed E-state index contributed by atoms with van der Waals surface area (Å²) in [5.41, 5.74) is -0.205. The molecule has 1 aromatic carbocycles. The SMILES string of the molecule is O=[N+]([O-])c1ccc(NSC2CCCCCCC2)c([N+](=O)[O-])c1. The Hall–Kier alpha value is -1.83. The number of hydrogen-bond acceptors (Lipinski definition) is 6. The van der Waals surface area contributed by atoms with Gasteiger partial charge in [-0.05, 0) is 30.9 Å². The molecule has 1 aliphatic carbocycles. The van der Waals surface area contributed by atoms with E-state index < -0.39 is 9.85 Å². The second kappa shape index (κ2) is 7.98. The van der Waals surface area contributed by atoms with E-state index in [1.807, 2.05) is 0 Å². The number of nitro groups is 2. The summed E-state index contributed by atoms with van der Waals surface area (Å²) in [7, 11) is 0. The molecule has 0 spiro atoms. The Morgan fingerprint density at radius 3 is 2.23 bits per heavy atom. The maximum atomic E-state index is 11.1. The Kier molecular flexibility index (Phi) is 6.00. The van der Waals surface area contributed by atoms with E-state index in [0.717, 1.165) is 18.9 Å². The highest BCUT2D eigenvalue weighted by Crippen LogP contribution is 2.33. The molecule has 0 unspecified atom stereocenters. The van der Waals surface area contributed by atoms with Gasteiger partial charge in [0.05, 0.1) is 15.9 Å². The summed E-state index contributed by atoms with van der Waals surface area (Å²) < 4.78 is 3.03. The number of nitro benzene ring substituents is 2. The molecule has 0 radical (unpaired) electrons. The van der Waals surface area contributed by atoms with Crippen LogP contribution in [0.3, 0.4) is 0 Å². The summed E-state index contributed by atoms with van der Waals surface area (Å²) >= 11 is 1.49. The maximum absolute atomic E-state index is 11.1. The fourth-order valence-corrected chi connectivity index (χ4v) is 3.59. The second-order valence-electron chi connectivity index (χ2n) is 5.40. The smallest absolute Gasteiger partial charge is 0.300 e. The fraction of sp³-hybridized carbons (Fsp3) is 0.571. The van der Waals surface area contributed by atoms with Crippen LogP contribution in [-0.2, 0) is 0 Å². The third-order valence-corrected chi connectivity index (χ3v) is 4.92. The molecular weight excluding hydrogens is 306 g/mol. The van der Waals surface area contributed by atoms with Crippen molar-refractivity contribution >= 4 is 29.0 Å². The van der Waals surface area contributed by atoms with Crippen molar-refractivity contribution in [2.24, 2.45) is 0 Å². The molecular formula is C14H19N3O4S. The Morgan fingerprint density at radius 2 is 1.64 bits per heavy atom. The lowest BCUT2D eigenvalue weighted by atomic mass is 10.0. The highest BCUT2D eigenvalue weighted by atomic mass is 32.2. The number of non-ortho nitro benzene ring substituents is 1. The first-order valence-corrected chi connectivity index (χ1v) is 8.30. The molecule has 1 N–H and O–H groups in total. The van der Waals surface area contributed by atoms with Crippen LogP contribution in [-0.4, -0.2) is 15.1 Å². The average molecular weight is 325 g/mol. The molecule has 1 saturated carbocycles. The summed E-state index contributed by atoms with van der Waals surface area (Å²) in [6, 6.07) is 3.70. The molecule has 0 aromatic heterocycles. The van der Waals surface area contributed by atoms with Crippen molar-refractivity contribution in [1.82, 2.24) is 0 Å². The first kappa shape index (κ1) is 16.5. The van der Waals surface area contributed by atoms with Crippen LogP contribution in [0.4, 0.5) is 17.1 Å². The van der Waals surface area contributed by atoms with Crippen LogP contribution in [0, 0.1) is 20.2 Å². The Labute approximate surface area is 132 Å². The van der Waals surface area contributed by atoms with Gasteiger partial charge in [0.1, 0.15) is 5.69 Å². The summed E-state index contributed by atoms with van der Waals surface area (Å²) in [5.74, 6) is 0. The topological polar surface area (TPSA) is 98.3 Å². The van der Waals surface area contributed by atoms with E-state index >= 15 is 0 Å². The average Bonchev–Trinajstić information content (AvgIpc) is 2.45. The molecule has 1 aliphatic rings. The number of benzene rings is 1. The van der Waals surface area contributed by atoms with Gasteiger partial charge >= 0.3 is 0 Å². The molecule has 22 heavy (non-hydrogen) atoms. The lowest BCUT2D eigenvalue weighted by Crippen LogP contribution is -2.09. The third kappa shape index (κ3) is 4.59. The predicted octanol–water partition coefficient (Wildman–Crippen LogP) is 4.68. The molecule has 0 heterocycles. The fourth-order valence-electron chi connectivity index (χ4n) is 2.55. The van der Waals surface area contributed by atoms with E-state index in [4.69, 9.17) is 0 Å². The molecule has 0 bridgehead atoms. The van der Waals surface area contributed by atoms with Crippen LogP contribution in [0.1, 0.15) is 44.9 Å². The standard InChI is InChI=1S/C14H19N3O4S/c18-16(19)11-8-9-13(14(10-11)17(20)21)15-22-12-6-4-2-1-3-5-7-12/h8-10,12,15H,1-7H2. The first-order valence-electron chi connectivity index (χ1n) is 7.42. The minimum absolute atomic E-state index is 0.257. The van der Waals surface area contributed by atoms with Gasteiger partial charge in [0.25, 0.3) is 11.4 Å². The van der Waals surface area contributed by atoms with E-state index in [1.54, 1.807) is 0 Å². The van der Waals surface area contributed by atoms with Crippen molar-refractivity contribution in [2.45, 2.75) is 50.2 Å². The number of anilines is 1. The lowest BCUT2D eigenvalue weighted by molar-refractivity contribution is -0.393. The molecule has 1 aromatic rings. The van der Waals surface area contributed by atoms with Crippen molar-refractivity contribution in [2.75, 3.05) is 4.72 Å². The zero-order valence-corrected chi connectivity index (χ0v) is 13.0. The minimum Gasteiger partial charge on any atom is -0.324 e. The van der Waals surface area contributed by atoms with Gasteiger partial charge in [-0.15, -0.1) is 0 Å².